The summed E-state index contributed by atoms with van der Waals surface area (Å²) in [6, 6.07) is 9.31. The molecular weight excluding hydrogens is 264 g/mol. The van der Waals surface area contributed by atoms with E-state index in [1.54, 1.807) is 6.07 Å². The van der Waals surface area contributed by atoms with E-state index >= 15 is 0 Å². The van der Waals surface area contributed by atoms with Gasteiger partial charge in [-0.3, -0.25) is 9.59 Å². The van der Waals surface area contributed by atoms with Crippen LogP contribution in [0.15, 0.2) is 35.1 Å². The first-order valence-corrected chi connectivity index (χ1v) is 7.54. The smallest absolute Gasteiger partial charge is 0.248 e. The molecule has 0 aliphatic rings. The number of pyridine rings is 1. The first-order valence-electron chi connectivity index (χ1n) is 7.54. The molecule has 2 rings (SSSR count). The molecule has 0 saturated heterocycles. The average molecular weight is 286 g/mol. The molecule has 0 saturated carbocycles. The van der Waals surface area contributed by atoms with Crippen molar-refractivity contribution in [3.05, 3.63) is 46.2 Å². The Labute approximate surface area is 124 Å². The molecule has 0 aliphatic carbocycles. The summed E-state index contributed by atoms with van der Waals surface area (Å²) in [7, 11) is 0. The second-order valence-corrected chi connectivity index (χ2v) is 5.27. The third kappa shape index (κ3) is 3.72. The van der Waals surface area contributed by atoms with Gasteiger partial charge in [0.1, 0.15) is 0 Å². The fraction of sp³-hybridized carbons (Fsp3) is 0.412. The minimum absolute atomic E-state index is 0.122. The predicted octanol–water partition coefficient (Wildman–Crippen LogP) is 3.07. The van der Waals surface area contributed by atoms with Gasteiger partial charge in [0.05, 0.1) is 0 Å². The third-order valence-corrected chi connectivity index (χ3v) is 3.51. The molecule has 0 spiro atoms. The topological polar surface area (TPSA) is 53.2 Å². The van der Waals surface area contributed by atoms with Crippen LogP contribution in [0.3, 0.4) is 0 Å². The number of aromatic amines is 1. The second kappa shape index (κ2) is 7.07. The highest BCUT2D eigenvalue weighted by molar-refractivity contribution is 5.82. The molecule has 1 aromatic carbocycles. The maximum atomic E-state index is 12.2. The van der Waals surface area contributed by atoms with Gasteiger partial charge in [0.15, 0.2) is 0 Å². The Kier molecular flexibility index (Phi) is 5.14. The Morgan fingerprint density at radius 3 is 2.67 bits per heavy atom. The number of rotatable bonds is 6. The fourth-order valence-electron chi connectivity index (χ4n) is 2.55. The largest absolute Gasteiger partial charge is 0.338 e. The van der Waals surface area contributed by atoms with Crippen LogP contribution in [-0.2, 0) is 11.3 Å². The molecular formula is C17H22N2O2. The summed E-state index contributed by atoms with van der Waals surface area (Å²) in [5.74, 6) is 0.156. The highest BCUT2D eigenvalue weighted by Crippen LogP contribution is 2.17. The molecule has 1 heterocycles. The lowest BCUT2D eigenvalue weighted by molar-refractivity contribution is -0.131. The van der Waals surface area contributed by atoms with Crippen molar-refractivity contribution in [1.82, 2.24) is 9.88 Å². The number of H-pyrrole nitrogens is 1. The van der Waals surface area contributed by atoms with Gasteiger partial charge < -0.3 is 9.88 Å². The SMILES string of the molecule is CCCC(=O)N(CCC)Cc1cc(=O)[nH]c2ccccc12. The molecule has 1 aromatic heterocycles. The lowest BCUT2D eigenvalue weighted by Crippen LogP contribution is -2.31. The van der Waals surface area contributed by atoms with Crippen LogP contribution >= 0.6 is 0 Å². The molecule has 0 aliphatic heterocycles. The van der Waals surface area contributed by atoms with Crippen molar-refractivity contribution in [2.75, 3.05) is 6.54 Å². The van der Waals surface area contributed by atoms with E-state index in [1.165, 1.54) is 0 Å². The van der Waals surface area contributed by atoms with E-state index in [4.69, 9.17) is 0 Å². The Morgan fingerprint density at radius 2 is 1.95 bits per heavy atom. The van der Waals surface area contributed by atoms with Crippen LogP contribution in [0.1, 0.15) is 38.7 Å². The van der Waals surface area contributed by atoms with E-state index in [-0.39, 0.29) is 11.5 Å². The van der Waals surface area contributed by atoms with E-state index in [2.05, 4.69) is 11.9 Å². The van der Waals surface area contributed by atoms with Crippen LogP contribution in [0.25, 0.3) is 10.9 Å². The quantitative estimate of drug-likeness (QED) is 0.887. The maximum Gasteiger partial charge on any atom is 0.248 e. The highest BCUT2D eigenvalue weighted by atomic mass is 16.2. The van der Waals surface area contributed by atoms with Crippen LogP contribution in [-0.4, -0.2) is 22.3 Å². The molecule has 4 nitrogen and oxygen atoms in total. The van der Waals surface area contributed by atoms with Gasteiger partial charge in [-0.1, -0.05) is 32.0 Å². The molecule has 0 radical (unpaired) electrons. The molecule has 112 valence electrons. The van der Waals surface area contributed by atoms with E-state index in [0.717, 1.165) is 35.9 Å². The zero-order valence-corrected chi connectivity index (χ0v) is 12.7. The van der Waals surface area contributed by atoms with E-state index in [0.29, 0.717) is 13.0 Å². The number of para-hydroxylation sites is 1. The molecule has 2 aromatic rings. The number of hydrogen-bond acceptors (Lipinski definition) is 2. The summed E-state index contributed by atoms with van der Waals surface area (Å²) in [5, 5.41) is 1.00. The van der Waals surface area contributed by atoms with Crippen molar-refractivity contribution < 1.29 is 4.79 Å². The third-order valence-electron chi connectivity index (χ3n) is 3.51. The van der Waals surface area contributed by atoms with Crippen molar-refractivity contribution in [2.45, 2.75) is 39.7 Å². The van der Waals surface area contributed by atoms with Gasteiger partial charge in [-0.25, -0.2) is 0 Å². The lowest BCUT2D eigenvalue weighted by atomic mass is 10.1. The second-order valence-electron chi connectivity index (χ2n) is 5.27. The number of nitrogens with zero attached hydrogens (tertiary/aromatic N) is 1. The van der Waals surface area contributed by atoms with E-state index < -0.39 is 0 Å². The summed E-state index contributed by atoms with van der Waals surface area (Å²) in [6.45, 7) is 5.28. The molecule has 4 heteroatoms. The van der Waals surface area contributed by atoms with Gasteiger partial charge in [0.25, 0.3) is 0 Å². The molecule has 0 bridgehead atoms. The van der Waals surface area contributed by atoms with Gasteiger partial charge in [0.2, 0.25) is 11.5 Å². The highest BCUT2D eigenvalue weighted by Gasteiger charge is 2.14. The van der Waals surface area contributed by atoms with Crippen LogP contribution in [0.2, 0.25) is 0 Å². The van der Waals surface area contributed by atoms with Crippen LogP contribution < -0.4 is 5.56 Å². The van der Waals surface area contributed by atoms with Crippen LogP contribution in [0.5, 0.6) is 0 Å². The van der Waals surface area contributed by atoms with Crippen molar-refractivity contribution in [1.29, 1.82) is 0 Å². The summed E-state index contributed by atoms with van der Waals surface area (Å²) in [5.41, 5.74) is 1.61. The Morgan fingerprint density at radius 1 is 1.19 bits per heavy atom. The normalized spacial score (nSPS) is 10.8. The zero-order chi connectivity index (χ0) is 15.2. The Balaban J connectivity index is 2.36. The fourth-order valence-corrected chi connectivity index (χ4v) is 2.55. The van der Waals surface area contributed by atoms with Crippen molar-refractivity contribution >= 4 is 16.8 Å². The standard InChI is InChI=1S/C17H22N2O2/c1-3-7-17(21)19(10-4-2)12-13-11-16(20)18-15-9-6-5-8-14(13)15/h5-6,8-9,11H,3-4,7,10,12H2,1-2H3,(H,18,20). The number of benzene rings is 1. The van der Waals surface area contributed by atoms with Gasteiger partial charge in [-0.05, 0) is 24.5 Å². The van der Waals surface area contributed by atoms with Gasteiger partial charge in [0, 0.05) is 36.5 Å². The minimum Gasteiger partial charge on any atom is -0.338 e. The number of fused-ring (bicyclic) bond motifs is 1. The summed E-state index contributed by atoms with van der Waals surface area (Å²) >= 11 is 0. The minimum atomic E-state index is -0.122. The first-order chi connectivity index (χ1) is 10.2. The average Bonchev–Trinajstić information content (AvgIpc) is 2.46. The molecule has 1 amide bonds. The van der Waals surface area contributed by atoms with Gasteiger partial charge >= 0.3 is 0 Å². The van der Waals surface area contributed by atoms with Crippen LogP contribution in [0, 0.1) is 0 Å². The van der Waals surface area contributed by atoms with Crippen molar-refractivity contribution in [3.8, 4) is 0 Å². The molecule has 1 N–H and O–H groups in total. The van der Waals surface area contributed by atoms with E-state index in [9.17, 15) is 9.59 Å². The van der Waals surface area contributed by atoms with Crippen molar-refractivity contribution in [3.63, 3.8) is 0 Å². The monoisotopic (exact) mass is 286 g/mol. The summed E-state index contributed by atoms with van der Waals surface area (Å²) in [6.07, 6.45) is 2.31. The van der Waals surface area contributed by atoms with E-state index in [1.807, 2.05) is 36.1 Å². The Hall–Kier alpha value is -2.10. The lowest BCUT2D eigenvalue weighted by Gasteiger charge is -2.22. The number of carbonyl (C=O) groups is 1. The van der Waals surface area contributed by atoms with Gasteiger partial charge in [-0.15, -0.1) is 0 Å². The summed E-state index contributed by atoms with van der Waals surface area (Å²) in [4.78, 5) is 28.7. The van der Waals surface area contributed by atoms with Crippen molar-refractivity contribution in [2.24, 2.45) is 0 Å². The van der Waals surface area contributed by atoms with Gasteiger partial charge in [-0.2, -0.15) is 0 Å². The number of amides is 1. The number of hydrogen-bond donors (Lipinski definition) is 1. The molecule has 0 atom stereocenters. The van der Waals surface area contributed by atoms with Crippen LogP contribution in [0.4, 0.5) is 0 Å². The first kappa shape index (κ1) is 15.3. The number of aromatic nitrogens is 1. The Bertz CT molecular complexity index is 676. The molecule has 21 heavy (non-hydrogen) atoms. The number of carbonyl (C=O) groups excluding carboxylic acids is 1. The molecule has 0 unspecified atom stereocenters. The zero-order valence-electron chi connectivity index (χ0n) is 12.7. The summed E-state index contributed by atoms with van der Waals surface area (Å²) < 4.78 is 0. The predicted molar refractivity (Wildman–Crippen MR) is 85.2 cm³/mol. The maximum absolute atomic E-state index is 12.2. The number of nitrogens with one attached hydrogen (secondary N) is 1. The molecule has 0 fully saturated rings.